The van der Waals surface area contributed by atoms with E-state index < -0.39 is 5.43 Å². The second kappa shape index (κ2) is 3.21. The third-order valence-electron chi connectivity index (χ3n) is 0.0970. The molecule has 0 N–H and O–H groups in total. The lowest BCUT2D eigenvalue weighted by molar-refractivity contribution is -0.124. The maximum absolute atomic E-state index is 9.38. The molecule has 0 aliphatic heterocycles. The molecule has 0 unspecified atom stereocenters. The molecule has 36 valence electrons. The van der Waals surface area contributed by atoms with Crippen LogP contribution < -0.4 is 0 Å². The fourth-order valence-corrected chi connectivity index (χ4v) is 0.146. The standard InChI is InChI=1S/CCl2O3/c2-1(4)5-6-3. The summed E-state index contributed by atoms with van der Waals surface area (Å²) in [6, 6.07) is 0. The molecule has 0 radical (unpaired) electrons. The molecule has 0 rings (SSSR count). The Morgan fingerprint density at radius 2 is 2.17 bits per heavy atom. The summed E-state index contributed by atoms with van der Waals surface area (Å²) in [7, 11) is 0. The summed E-state index contributed by atoms with van der Waals surface area (Å²) in [5, 5.41) is 0. The summed E-state index contributed by atoms with van der Waals surface area (Å²) in [4.78, 5) is 12.8. The molecule has 0 atom stereocenters. The summed E-state index contributed by atoms with van der Waals surface area (Å²) in [5.41, 5.74) is -1.09. The SMILES string of the molecule is O=C(Cl)OOCl. The van der Waals surface area contributed by atoms with Crippen molar-refractivity contribution in [2.24, 2.45) is 0 Å². The van der Waals surface area contributed by atoms with Crippen LogP contribution in [-0.2, 0) is 9.33 Å². The smallest absolute Gasteiger partial charge is 0.262 e. The van der Waals surface area contributed by atoms with Crippen LogP contribution in [0, 0.1) is 0 Å². The molecule has 0 fully saturated rings. The van der Waals surface area contributed by atoms with Crippen molar-refractivity contribution in [1.82, 2.24) is 0 Å². The van der Waals surface area contributed by atoms with Crippen LogP contribution in [-0.4, -0.2) is 5.43 Å². The van der Waals surface area contributed by atoms with E-state index in [1.807, 2.05) is 0 Å². The van der Waals surface area contributed by atoms with E-state index in [4.69, 9.17) is 0 Å². The van der Waals surface area contributed by atoms with Crippen molar-refractivity contribution >= 4 is 28.9 Å². The van der Waals surface area contributed by atoms with E-state index in [9.17, 15) is 4.79 Å². The van der Waals surface area contributed by atoms with Crippen LogP contribution in [0.15, 0.2) is 0 Å². The van der Waals surface area contributed by atoms with Crippen molar-refractivity contribution in [2.75, 3.05) is 0 Å². The quantitative estimate of drug-likeness (QED) is 0.307. The van der Waals surface area contributed by atoms with Crippen molar-refractivity contribution in [2.45, 2.75) is 0 Å². The highest BCUT2D eigenvalue weighted by Crippen LogP contribution is 1.88. The molecule has 0 amide bonds. The van der Waals surface area contributed by atoms with Gasteiger partial charge in [-0.3, -0.25) is 4.89 Å². The highest BCUT2D eigenvalue weighted by atomic mass is 35.5. The predicted molar refractivity (Wildman–Crippen MR) is 19.3 cm³/mol. The Morgan fingerprint density at radius 1 is 1.67 bits per heavy atom. The zero-order chi connectivity index (χ0) is 4.99. The first-order valence-electron chi connectivity index (χ1n) is 0.918. The molecule has 0 bridgehead atoms. The first kappa shape index (κ1) is 6.01. The molecule has 0 spiro atoms. The van der Waals surface area contributed by atoms with Gasteiger partial charge in [0.2, 0.25) is 0 Å². The average Bonchev–Trinajstić information content (AvgIpc) is 1.35. The zero-order valence-corrected chi connectivity index (χ0v) is 3.99. The van der Waals surface area contributed by atoms with E-state index in [0.29, 0.717) is 0 Å². The number of rotatable bonds is 1. The number of carbonyl (C=O) groups is 1. The monoisotopic (exact) mass is 130 g/mol. The van der Waals surface area contributed by atoms with E-state index in [0.717, 1.165) is 0 Å². The van der Waals surface area contributed by atoms with Crippen LogP contribution in [0.5, 0.6) is 0 Å². The van der Waals surface area contributed by atoms with Gasteiger partial charge in [-0.2, -0.15) is 0 Å². The molecule has 0 saturated carbocycles. The Labute approximate surface area is 43.8 Å². The van der Waals surface area contributed by atoms with E-state index in [1.165, 1.54) is 0 Å². The molecule has 0 aromatic heterocycles. The van der Waals surface area contributed by atoms with Gasteiger partial charge in [0.25, 0.3) is 0 Å². The van der Waals surface area contributed by atoms with Crippen molar-refractivity contribution in [3.63, 3.8) is 0 Å². The summed E-state index contributed by atoms with van der Waals surface area (Å²) in [6.45, 7) is 0. The largest absolute Gasteiger partial charge is 0.437 e. The van der Waals surface area contributed by atoms with Gasteiger partial charge in [0.05, 0.1) is 0 Å². The van der Waals surface area contributed by atoms with Crippen LogP contribution in [0.1, 0.15) is 0 Å². The van der Waals surface area contributed by atoms with Crippen LogP contribution >= 0.6 is 23.5 Å². The minimum atomic E-state index is -1.09. The number of hydrogen-bond donors (Lipinski definition) is 0. The van der Waals surface area contributed by atoms with Gasteiger partial charge in [-0.25, -0.2) is 4.79 Å². The van der Waals surface area contributed by atoms with Gasteiger partial charge in [0.1, 0.15) is 11.9 Å². The van der Waals surface area contributed by atoms with Gasteiger partial charge in [0, 0.05) is 11.6 Å². The second-order valence-electron chi connectivity index (χ2n) is 0.384. The average molecular weight is 131 g/mol. The molecule has 5 heteroatoms. The fraction of sp³-hybridized carbons (Fsp3) is 0. The molecule has 0 saturated heterocycles. The first-order valence-corrected chi connectivity index (χ1v) is 1.60. The number of carbonyl (C=O) groups excluding carboxylic acids is 1. The predicted octanol–water partition coefficient (Wildman–Crippen LogP) is 1.45. The van der Waals surface area contributed by atoms with Gasteiger partial charge in [-0.15, -0.1) is 0 Å². The lowest BCUT2D eigenvalue weighted by Crippen LogP contribution is -1.84. The lowest BCUT2D eigenvalue weighted by atomic mass is 11.6. The lowest BCUT2D eigenvalue weighted by Gasteiger charge is -1.81. The highest BCUT2D eigenvalue weighted by molar-refractivity contribution is 6.61. The van der Waals surface area contributed by atoms with Gasteiger partial charge < -0.3 is 0 Å². The Balaban J connectivity index is 2.83. The van der Waals surface area contributed by atoms with Crippen molar-refractivity contribution in [3.8, 4) is 0 Å². The molecule has 0 aromatic carbocycles. The van der Waals surface area contributed by atoms with Gasteiger partial charge in [-0.05, 0) is 0 Å². The Hall–Kier alpha value is 0.01000. The Bertz CT molecular complexity index is 52.8. The van der Waals surface area contributed by atoms with E-state index >= 15 is 0 Å². The van der Waals surface area contributed by atoms with Crippen LogP contribution in [0.25, 0.3) is 0 Å². The van der Waals surface area contributed by atoms with Crippen molar-refractivity contribution < 1.29 is 14.1 Å². The van der Waals surface area contributed by atoms with E-state index in [-0.39, 0.29) is 0 Å². The number of halogens is 2. The molecular weight excluding hydrogens is 131 g/mol. The topological polar surface area (TPSA) is 35.5 Å². The second-order valence-corrected chi connectivity index (χ2v) is 0.819. The maximum Gasteiger partial charge on any atom is 0.437 e. The molecule has 3 nitrogen and oxygen atoms in total. The molecule has 0 aliphatic rings. The Morgan fingerprint density at radius 3 is 2.17 bits per heavy atom. The van der Waals surface area contributed by atoms with Gasteiger partial charge in [0.15, 0.2) is 0 Å². The third kappa shape index (κ3) is 4.01. The molecule has 0 aromatic rings. The Kier molecular flexibility index (Phi) is 3.21. The fourth-order valence-electron chi connectivity index (χ4n) is 0.0248. The first-order chi connectivity index (χ1) is 2.77. The number of hydrogen-bond acceptors (Lipinski definition) is 3. The van der Waals surface area contributed by atoms with Gasteiger partial charge in [-0.1, -0.05) is 4.44 Å². The third-order valence-corrected chi connectivity index (χ3v) is 0.223. The van der Waals surface area contributed by atoms with Crippen molar-refractivity contribution in [1.29, 1.82) is 0 Å². The minimum Gasteiger partial charge on any atom is -0.262 e. The van der Waals surface area contributed by atoms with Gasteiger partial charge >= 0.3 is 5.43 Å². The summed E-state index contributed by atoms with van der Waals surface area (Å²) < 4.78 is 3.29. The van der Waals surface area contributed by atoms with Crippen LogP contribution in [0.4, 0.5) is 4.79 Å². The summed E-state index contributed by atoms with van der Waals surface area (Å²) in [5.74, 6) is 0. The highest BCUT2D eigenvalue weighted by Gasteiger charge is 1.90. The normalized spacial score (nSPS) is 7.67. The van der Waals surface area contributed by atoms with E-state index in [2.05, 4.69) is 32.8 Å². The van der Waals surface area contributed by atoms with Crippen LogP contribution in [0.2, 0.25) is 0 Å². The molecular formula is CCl2O3. The molecule has 0 aliphatic carbocycles. The summed E-state index contributed by atoms with van der Waals surface area (Å²) >= 11 is 8.88. The summed E-state index contributed by atoms with van der Waals surface area (Å²) in [6.07, 6.45) is 0. The minimum absolute atomic E-state index is 1.09. The van der Waals surface area contributed by atoms with Crippen LogP contribution in [0.3, 0.4) is 0 Å². The van der Waals surface area contributed by atoms with Crippen molar-refractivity contribution in [3.05, 3.63) is 0 Å². The maximum atomic E-state index is 9.38. The molecule has 0 heterocycles. The van der Waals surface area contributed by atoms with E-state index in [1.54, 1.807) is 0 Å². The molecule has 6 heavy (non-hydrogen) atoms. The zero-order valence-electron chi connectivity index (χ0n) is 2.48.